The molecule has 0 saturated carbocycles. The molecule has 27 heavy (non-hydrogen) atoms. The maximum absolute atomic E-state index is 14.1. The monoisotopic (exact) mass is 377 g/mol. The first-order valence-electron chi connectivity index (χ1n) is 8.95. The van der Waals surface area contributed by atoms with Gasteiger partial charge in [0, 0.05) is 16.9 Å². The van der Waals surface area contributed by atoms with E-state index in [1.165, 1.54) is 6.26 Å². The zero-order valence-corrected chi connectivity index (χ0v) is 15.1. The number of carbonyl (C=O) groups is 1. The molecule has 1 atom stereocenters. The number of amides is 1. The third-order valence-corrected chi connectivity index (χ3v) is 4.41. The summed E-state index contributed by atoms with van der Waals surface area (Å²) in [4.78, 5) is 14.2. The summed E-state index contributed by atoms with van der Waals surface area (Å²) < 4.78 is 25.0. The van der Waals surface area contributed by atoms with Gasteiger partial charge in [-0.2, -0.15) is 0 Å². The lowest BCUT2D eigenvalue weighted by Crippen LogP contribution is -2.25. The molecular weight excluding hydrogens is 353 g/mol. The molecule has 1 aromatic carbocycles. The Hall–Kier alpha value is -2.77. The molecule has 9 heteroatoms. The third kappa shape index (κ3) is 5.60. The van der Waals surface area contributed by atoms with E-state index in [0.717, 1.165) is 31.7 Å². The minimum atomic E-state index is -0.739. The number of ether oxygens (including phenoxy) is 1. The van der Waals surface area contributed by atoms with E-state index in [0.29, 0.717) is 24.8 Å². The van der Waals surface area contributed by atoms with Gasteiger partial charge in [-0.1, -0.05) is 24.4 Å². The zero-order valence-electron chi connectivity index (χ0n) is 15.1. The molecule has 2 aromatic rings. The minimum Gasteiger partial charge on any atom is -0.493 e. The molecule has 0 fully saturated rings. The number of benzene rings is 1. The first-order chi connectivity index (χ1) is 13.1. The second-order valence-electron chi connectivity index (χ2n) is 6.29. The summed E-state index contributed by atoms with van der Waals surface area (Å²) in [5.74, 6) is -1.14. The van der Waals surface area contributed by atoms with Crippen LogP contribution in [-0.2, 0) is 4.79 Å². The number of nitrogens with two attached hydrogens (primary N) is 2. The SMILES string of the molecule is [N-]=[N+]=Nc1c(F)cc(OCCC(CCCCCCN)C(N)=O)c2ccoc12. The molecule has 2 rings (SSSR count). The van der Waals surface area contributed by atoms with Crippen molar-refractivity contribution in [3.8, 4) is 5.75 Å². The number of hydrogen-bond donors (Lipinski definition) is 2. The maximum Gasteiger partial charge on any atom is 0.220 e. The van der Waals surface area contributed by atoms with Crippen LogP contribution < -0.4 is 16.2 Å². The number of primary amides is 1. The Morgan fingerprint density at radius 3 is 2.81 bits per heavy atom. The Morgan fingerprint density at radius 1 is 1.33 bits per heavy atom. The molecule has 4 N–H and O–H groups in total. The summed E-state index contributed by atoms with van der Waals surface area (Å²) in [5.41, 5.74) is 19.4. The Labute approximate surface area is 156 Å². The van der Waals surface area contributed by atoms with Crippen LogP contribution in [0.15, 0.2) is 27.9 Å². The van der Waals surface area contributed by atoms with Crippen molar-refractivity contribution in [2.75, 3.05) is 13.2 Å². The van der Waals surface area contributed by atoms with E-state index in [1.54, 1.807) is 6.07 Å². The van der Waals surface area contributed by atoms with Gasteiger partial charge >= 0.3 is 0 Å². The van der Waals surface area contributed by atoms with Crippen LogP contribution in [0.5, 0.6) is 5.75 Å². The second kappa shape index (κ2) is 10.4. The predicted octanol–water partition coefficient (Wildman–Crippen LogP) is 4.29. The van der Waals surface area contributed by atoms with E-state index < -0.39 is 5.82 Å². The van der Waals surface area contributed by atoms with Crippen molar-refractivity contribution in [2.45, 2.75) is 38.5 Å². The van der Waals surface area contributed by atoms with E-state index in [9.17, 15) is 9.18 Å². The van der Waals surface area contributed by atoms with Crippen molar-refractivity contribution in [2.24, 2.45) is 22.5 Å². The first kappa shape index (κ1) is 20.5. The summed E-state index contributed by atoms with van der Waals surface area (Å²) in [6.07, 6.45) is 6.40. The van der Waals surface area contributed by atoms with Gasteiger partial charge in [0.1, 0.15) is 22.8 Å². The molecule has 0 aliphatic rings. The lowest BCUT2D eigenvalue weighted by atomic mass is 9.97. The highest BCUT2D eigenvalue weighted by molar-refractivity contribution is 5.92. The summed E-state index contributed by atoms with van der Waals surface area (Å²) in [6.45, 7) is 0.877. The molecular formula is C18H24FN5O3. The van der Waals surface area contributed by atoms with Crippen molar-refractivity contribution in [3.63, 3.8) is 0 Å². The average molecular weight is 377 g/mol. The highest BCUT2D eigenvalue weighted by atomic mass is 19.1. The van der Waals surface area contributed by atoms with Gasteiger partial charge in [-0.3, -0.25) is 4.79 Å². The lowest BCUT2D eigenvalue weighted by molar-refractivity contribution is -0.122. The van der Waals surface area contributed by atoms with E-state index >= 15 is 0 Å². The molecule has 0 spiro atoms. The Balaban J connectivity index is 1.97. The maximum atomic E-state index is 14.1. The number of carbonyl (C=O) groups excluding carboxylic acids is 1. The van der Waals surface area contributed by atoms with E-state index in [2.05, 4.69) is 10.0 Å². The number of fused-ring (bicyclic) bond motifs is 1. The summed E-state index contributed by atoms with van der Waals surface area (Å²) in [7, 11) is 0. The lowest BCUT2D eigenvalue weighted by Gasteiger charge is -2.14. The minimum absolute atomic E-state index is 0.120. The van der Waals surface area contributed by atoms with Crippen LogP contribution in [-0.4, -0.2) is 19.1 Å². The smallest absolute Gasteiger partial charge is 0.220 e. The van der Waals surface area contributed by atoms with Crippen LogP contribution in [0.2, 0.25) is 0 Å². The highest BCUT2D eigenvalue weighted by Gasteiger charge is 2.18. The largest absolute Gasteiger partial charge is 0.493 e. The second-order valence-corrected chi connectivity index (χ2v) is 6.29. The predicted molar refractivity (Wildman–Crippen MR) is 99.9 cm³/mol. The fourth-order valence-corrected chi connectivity index (χ4v) is 2.94. The third-order valence-electron chi connectivity index (χ3n) is 4.41. The molecule has 1 heterocycles. The van der Waals surface area contributed by atoms with Crippen molar-refractivity contribution >= 4 is 22.6 Å². The van der Waals surface area contributed by atoms with E-state index in [4.69, 9.17) is 26.2 Å². The van der Waals surface area contributed by atoms with Gasteiger partial charge in [-0.25, -0.2) is 4.39 Å². The van der Waals surface area contributed by atoms with Gasteiger partial charge < -0.3 is 20.6 Å². The van der Waals surface area contributed by atoms with Crippen LogP contribution in [0.4, 0.5) is 10.1 Å². The molecule has 1 amide bonds. The van der Waals surface area contributed by atoms with Crippen LogP contribution >= 0.6 is 0 Å². The zero-order chi connectivity index (χ0) is 19.6. The van der Waals surface area contributed by atoms with E-state index in [-0.39, 0.29) is 35.5 Å². The molecule has 1 unspecified atom stereocenters. The molecule has 8 nitrogen and oxygen atoms in total. The molecule has 146 valence electrons. The average Bonchev–Trinajstić information content (AvgIpc) is 3.12. The Kier molecular flexibility index (Phi) is 7.91. The van der Waals surface area contributed by atoms with Gasteiger partial charge in [-0.15, -0.1) is 0 Å². The molecule has 1 aromatic heterocycles. The normalized spacial score (nSPS) is 11.9. The molecule has 0 saturated heterocycles. The number of rotatable bonds is 12. The van der Waals surface area contributed by atoms with Crippen molar-refractivity contribution < 1.29 is 18.3 Å². The Morgan fingerprint density at radius 2 is 2.11 bits per heavy atom. The molecule has 0 radical (unpaired) electrons. The standard InChI is InChI=1S/C18H24FN5O3/c19-14-11-15(13-7-10-27-17(13)16(14)23-24-22)26-9-6-12(18(21)25)5-3-1-2-4-8-20/h7,10-12H,1-6,8-9,20H2,(H2,21,25). The van der Waals surface area contributed by atoms with E-state index in [1.807, 2.05) is 0 Å². The number of nitrogens with zero attached hydrogens (tertiary/aromatic N) is 3. The number of unbranched alkanes of at least 4 members (excludes halogenated alkanes) is 3. The van der Waals surface area contributed by atoms with Crippen molar-refractivity contribution in [3.05, 3.63) is 34.7 Å². The molecule has 0 bridgehead atoms. The first-order valence-corrected chi connectivity index (χ1v) is 8.95. The topological polar surface area (TPSA) is 140 Å². The van der Waals surface area contributed by atoms with Gasteiger partial charge in [0.25, 0.3) is 0 Å². The molecule has 0 aliphatic heterocycles. The van der Waals surface area contributed by atoms with Crippen LogP contribution in [0, 0.1) is 11.7 Å². The number of hydrogen-bond acceptors (Lipinski definition) is 5. The number of furan rings is 1. The summed E-state index contributed by atoms with van der Waals surface area (Å²) in [6, 6.07) is 2.75. The van der Waals surface area contributed by atoms with Gasteiger partial charge in [0.05, 0.1) is 18.3 Å². The van der Waals surface area contributed by atoms with Crippen molar-refractivity contribution in [1.29, 1.82) is 0 Å². The fraction of sp³-hybridized carbons (Fsp3) is 0.500. The summed E-state index contributed by atoms with van der Waals surface area (Å²) >= 11 is 0. The van der Waals surface area contributed by atoms with Gasteiger partial charge in [-0.05, 0) is 37.4 Å². The molecule has 0 aliphatic carbocycles. The quantitative estimate of drug-likeness (QED) is 0.246. The Bertz CT molecular complexity index is 817. The van der Waals surface area contributed by atoms with Crippen LogP contribution in [0.3, 0.4) is 0 Å². The van der Waals surface area contributed by atoms with Crippen molar-refractivity contribution in [1.82, 2.24) is 0 Å². The summed E-state index contributed by atoms with van der Waals surface area (Å²) in [5, 5.41) is 3.82. The van der Waals surface area contributed by atoms with Crippen LogP contribution in [0.1, 0.15) is 38.5 Å². The fourth-order valence-electron chi connectivity index (χ4n) is 2.94. The van der Waals surface area contributed by atoms with Gasteiger partial charge in [0.15, 0.2) is 0 Å². The van der Waals surface area contributed by atoms with Gasteiger partial charge in [0.2, 0.25) is 5.91 Å². The van der Waals surface area contributed by atoms with Crippen LogP contribution in [0.25, 0.3) is 21.4 Å². The highest BCUT2D eigenvalue weighted by Crippen LogP contribution is 2.37. The number of azide groups is 1. The number of halogens is 1.